The number of benzene rings is 1. The van der Waals surface area contributed by atoms with Crippen LogP contribution in [0.4, 0.5) is 23.0 Å². The van der Waals surface area contributed by atoms with Crippen LogP contribution < -0.4 is 21.3 Å². The molecule has 2 aromatic rings. The van der Waals surface area contributed by atoms with E-state index in [1.165, 1.54) is 19.1 Å². The van der Waals surface area contributed by atoms with E-state index in [2.05, 4.69) is 25.8 Å². The molecule has 0 bridgehead atoms. The number of amides is 1. The fraction of sp³-hybridized carbons (Fsp3) is 0.409. The molecule has 9 heteroatoms. The standard InChI is InChI=1S/C22H30N8O/c1-25-18-8-3-4-9-19(18)30(2)20-11-10-17(21(24)31)22(28-20)27-15-6-5-7-16(14-15)29-26-13-12-23/h5-7,10-12,14,18-19,23,25H,3-4,8-9,13H2,1-2H3,(H2,24,31)(H,27,28). The molecule has 1 aliphatic carbocycles. The number of azo groups is 1. The summed E-state index contributed by atoms with van der Waals surface area (Å²) in [5.41, 5.74) is 7.27. The Balaban J connectivity index is 1.88. The summed E-state index contributed by atoms with van der Waals surface area (Å²) in [5, 5.41) is 21.7. The number of anilines is 3. The van der Waals surface area contributed by atoms with Gasteiger partial charge in [0.2, 0.25) is 0 Å². The zero-order chi connectivity index (χ0) is 22.2. The molecule has 164 valence electrons. The summed E-state index contributed by atoms with van der Waals surface area (Å²) in [5.74, 6) is 0.639. The Hall–Kier alpha value is -3.33. The number of aromatic nitrogens is 1. The topological polar surface area (TPSA) is 132 Å². The smallest absolute Gasteiger partial charge is 0.252 e. The van der Waals surface area contributed by atoms with Gasteiger partial charge in [-0.2, -0.15) is 10.2 Å². The Morgan fingerprint density at radius 3 is 2.87 bits per heavy atom. The van der Waals surface area contributed by atoms with Gasteiger partial charge in [-0.1, -0.05) is 18.9 Å². The summed E-state index contributed by atoms with van der Waals surface area (Å²) >= 11 is 0. The first-order valence-corrected chi connectivity index (χ1v) is 10.5. The summed E-state index contributed by atoms with van der Waals surface area (Å²) in [6.45, 7) is 0.230. The lowest BCUT2D eigenvalue weighted by Gasteiger charge is -2.38. The molecule has 1 heterocycles. The highest BCUT2D eigenvalue weighted by Gasteiger charge is 2.28. The molecule has 3 rings (SSSR count). The lowest BCUT2D eigenvalue weighted by atomic mass is 9.89. The number of carbonyl (C=O) groups is 1. The highest BCUT2D eigenvalue weighted by molar-refractivity contribution is 5.98. The third-order valence-electron chi connectivity index (χ3n) is 5.57. The second kappa shape index (κ2) is 10.6. The van der Waals surface area contributed by atoms with E-state index in [1.54, 1.807) is 12.1 Å². The molecule has 1 saturated carbocycles. The maximum Gasteiger partial charge on any atom is 0.252 e. The summed E-state index contributed by atoms with van der Waals surface area (Å²) in [4.78, 5) is 18.9. The SMILES string of the molecule is CNC1CCCCC1N(C)c1ccc(C(N)=O)c(Nc2cccc(N=NCC=N)c2)n1. The van der Waals surface area contributed by atoms with E-state index in [-0.39, 0.29) is 6.54 Å². The van der Waals surface area contributed by atoms with E-state index in [1.807, 2.05) is 38.4 Å². The lowest BCUT2D eigenvalue weighted by molar-refractivity contribution is 0.100. The zero-order valence-electron chi connectivity index (χ0n) is 18.0. The third kappa shape index (κ3) is 5.64. The third-order valence-corrected chi connectivity index (χ3v) is 5.57. The van der Waals surface area contributed by atoms with Gasteiger partial charge in [0.1, 0.15) is 11.6 Å². The fourth-order valence-electron chi connectivity index (χ4n) is 3.97. The molecular formula is C22H30N8O. The van der Waals surface area contributed by atoms with E-state index < -0.39 is 5.91 Å². The van der Waals surface area contributed by atoms with Gasteiger partial charge in [0, 0.05) is 31.0 Å². The molecular weight excluding hydrogens is 392 g/mol. The predicted octanol–water partition coefficient (Wildman–Crippen LogP) is 3.62. The van der Waals surface area contributed by atoms with Crippen molar-refractivity contribution in [3.05, 3.63) is 42.0 Å². The summed E-state index contributed by atoms with van der Waals surface area (Å²) in [6, 6.07) is 11.6. The molecule has 9 nitrogen and oxygen atoms in total. The molecule has 1 aromatic carbocycles. The van der Waals surface area contributed by atoms with Gasteiger partial charge in [0.05, 0.1) is 17.8 Å². The van der Waals surface area contributed by atoms with E-state index in [9.17, 15) is 4.79 Å². The zero-order valence-corrected chi connectivity index (χ0v) is 18.0. The van der Waals surface area contributed by atoms with Crippen molar-refractivity contribution >= 4 is 35.1 Å². The van der Waals surface area contributed by atoms with E-state index in [4.69, 9.17) is 16.1 Å². The van der Waals surface area contributed by atoms with Crippen molar-refractivity contribution in [2.45, 2.75) is 37.8 Å². The van der Waals surface area contributed by atoms with Gasteiger partial charge in [0.25, 0.3) is 5.91 Å². The van der Waals surface area contributed by atoms with Crippen molar-refractivity contribution in [3.8, 4) is 0 Å². The number of carbonyl (C=O) groups excluding carboxylic acids is 1. The van der Waals surface area contributed by atoms with E-state index >= 15 is 0 Å². The molecule has 0 saturated heterocycles. The first-order valence-electron chi connectivity index (χ1n) is 10.5. The van der Waals surface area contributed by atoms with Crippen molar-refractivity contribution in [1.29, 1.82) is 5.41 Å². The average molecular weight is 423 g/mol. The molecule has 31 heavy (non-hydrogen) atoms. The quantitative estimate of drug-likeness (QED) is 0.362. The van der Waals surface area contributed by atoms with Crippen LogP contribution in [-0.2, 0) is 0 Å². The molecule has 5 N–H and O–H groups in total. The number of primary amides is 1. The van der Waals surface area contributed by atoms with Crippen LogP contribution in [0, 0.1) is 5.41 Å². The van der Waals surface area contributed by atoms with Gasteiger partial charge in [-0.25, -0.2) is 4.98 Å². The van der Waals surface area contributed by atoms with Crippen molar-refractivity contribution in [1.82, 2.24) is 10.3 Å². The van der Waals surface area contributed by atoms with Gasteiger partial charge in [-0.3, -0.25) is 4.79 Å². The Kier molecular flexibility index (Phi) is 7.66. The molecule has 1 amide bonds. The van der Waals surface area contributed by atoms with Crippen LogP contribution in [0.25, 0.3) is 0 Å². The van der Waals surface area contributed by atoms with Gasteiger partial charge in [-0.15, -0.1) is 0 Å². The number of nitrogens with one attached hydrogen (secondary N) is 3. The Morgan fingerprint density at radius 2 is 2.13 bits per heavy atom. The normalized spacial score (nSPS) is 18.6. The number of pyridine rings is 1. The van der Waals surface area contributed by atoms with Crippen LogP contribution in [0.2, 0.25) is 0 Å². The Labute approximate surface area is 182 Å². The van der Waals surface area contributed by atoms with E-state index in [0.29, 0.717) is 34.8 Å². The number of likely N-dealkylation sites (N-methyl/N-ethyl adjacent to an activating group) is 2. The molecule has 1 aromatic heterocycles. The molecule has 1 fully saturated rings. The number of hydrogen-bond acceptors (Lipinski definition) is 8. The van der Waals surface area contributed by atoms with Gasteiger partial charge < -0.3 is 26.7 Å². The molecule has 2 atom stereocenters. The first-order chi connectivity index (χ1) is 15.0. The maximum atomic E-state index is 12.0. The first kappa shape index (κ1) is 22.4. The minimum atomic E-state index is -0.545. The number of nitrogens with two attached hydrogens (primary N) is 1. The summed E-state index contributed by atoms with van der Waals surface area (Å²) in [7, 11) is 4.04. The second-order valence-corrected chi connectivity index (χ2v) is 7.59. The molecule has 0 aliphatic heterocycles. The summed E-state index contributed by atoms with van der Waals surface area (Å²) in [6.07, 6.45) is 5.82. The maximum absolute atomic E-state index is 12.0. The van der Waals surface area contributed by atoms with Crippen molar-refractivity contribution in [3.63, 3.8) is 0 Å². The molecule has 2 unspecified atom stereocenters. The van der Waals surface area contributed by atoms with Crippen LogP contribution >= 0.6 is 0 Å². The van der Waals surface area contributed by atoms with Crippen LogP contribution in [-0.4, -0.2) is 49.8 Å². The highest BCUT2D eigenvalue weighted by Crippen LogP contribution is 2.29. The highest BCUT2D eigenvalue weighted by atomic mass is 16.1. The Bertz CT molecular complexity index is 945. The fourth-order valence-corrected chi connectivity index (χ4v) is 3.97. The second-order valence-electron chi connectivity index (χ2n) is 7.59. The van der Waals surface area contributed by atoms with Crippen LogP contribution in [0.5, 0.6) is 0 Å². The van der Waals surface area contributed by atoms with E-state index in [0.717, 1.165) is 18.7 Å². The van der Waals surface area contributed by atoms with Gasteiger partial charge in [-0.05, 0) is 50.2 Å². The number of nitrogens with zero attached hydrogens (tertiary/aromatic N) is 4. The van der Waals surface area contributed by atoms with Crippen molar-refractivity contribution < 1.29 is 4.79 Å². The molecule has 1 aliphatic rings. The number of rotatable bonds is 9. The molecule has 0 radical (unpaired) electrons. The predicted molar refractivity (Wildman–Crippen MR) is 124 cm³/mol. The Morgan fingerprint density at radius 1 is 1.32 bits per heavy atom. The van der Waals surface area contributed by atoms with Crippen LogP contribution in [0.3, 0.4) is 0 Å². The van der Waals surface area contributed by atoms with Gasteiger partial charge in [0.15, 0.2) is 0 Å². The molecule has 0 spiro atoms. The number of hydrogen-bond donors (Lipinski definition) is 4. The monoisotopic (exact) mass is 422 g/mol. The van der Waals surface area contributed by atoms with Crippen molar-refractivity contribution in [2.24, 2.45) is 16.0 Å². The minimum Gasteiger partial charge on any atom is -0.365 e. The van der Waals surface area contributed by atoms with Crippen LogP contribution in [0.15, 0.2) is 46.6 Å². The summed E-state index contributed by atoms with van der Waals surface area (Å²) < 4.78 is 0. The minimum absolute atomic E-state index is 0.230. The largest absolute Gasteiger partial charge is 0.365 e. The van der Waals surface area contributed by atoms with Crippen LogP contribution in [0.1, 0.15) is 36.0 Å². The van der Waals surface area contributed by atoms with Crippen molar-refractivity contribution in [2.75, 3.05) is 30.9 Å². The van der Waals surface area contributed by atoms with Gasteiger partial charge >= 0.3 is 0 Å². The average Bonchev–Trinajstić information content (AvgIpc) is 2.79. The lowest BCUT2D eigenvalue weighted by Crippen LogP contribution is -2.49.